The second-order valence-corrected chi connectivity index (χ2v) is 5.64. The summed E-state index contributed by atoms with van der Waals surface area (Å²) in [6, 6.07) is 0. The van der Waals surface area contributed by atoms with Crippen molar-refractivity contribution in [3.8, 4) is 0 Å². The van der Waals surface area contributed by atoms with Crippen LogP contribution >= 0.6 is 0 Å². The van der Waals surface area contributed by atoms with E-state index in [-0.39, 0.29) is 11.8 Å². The molecular formula is C12H22N2O2. The molecular weight excluding hydrogens is 204 g/mol. The number of aliphatic hydroxyl groups is 1. The molecule has 1 aliphatic carbocycles. The van der Waals surface area contributed by atoms with Crippen LogP contribution in [0.15, 0.2) is 0 Å². The predicted molar refractivity (Wildman–Crippen MR) is 61.7 cm³/mol. The molecule has 0 bridgehead atoms. The summed E-state index contributed by atoms with van der Waals surface area (Å²) in [5, 5.41) is 9.60. The van der Waals surface area contributed by atoms with Crippen molar-refractivity contribution in [1.82, 2.24) is 4.90 Å². The van der Waals surface area contributed by atoms with Crippen molar-refractivity contribution in [2.24, 2.45) is 17.6 Å². The molecule has 3 N–H and O–H groups in total. The fourth-order valence-electron chi connectivity index (χ4n) is 2.84. The molecule has 1 aliphatic heterocycles. The fraction of sp³-hybridized carbons (Fsp3) is 0.917. The van der Waals surface area contributed by atoms with E-state index in [9.17, 15) is 9.90 Å². The number of nitrogens with zero attached hydrogens (tertiary/aromatic N) is 1. The first kappa shape index (κ1) is 11.9. The van der Waals surface area contributed by atoms with Crippen LogP contribution in [0.25, 0.3) is 0 Å². The molecule has 2 fully saturated rings. The number of amides is 1. The SMILES string of the molecule is CC1(O)CN(C(=O)C2CCC(CN)CC2)C1. The maximum atomic E-state index is 12.0. The molecule has 2 aliphatic rings. The van der Waals surface area contributed by atoms with E-state index in [1.807, 2.05) is 0 Å². The lowest BCUT2D eigenvalue weighted by Crippen LogP contribution is -2.62. The third-order valence-electron chi connectivity index (χ3n) is 3.90. The summed E-state index contributed by atoms with van der Waals surface area (Å²) in [6.07, 6.45) is 4.10. The minimum absolute atomic E-state index is 0.180. The summed E-state index contributed by atoms with van der Waals surface area (Å²) in [5.74, 6) is 1.03. The molecule has 0 spiro atoms. The molecule has 16 heavy (non-hydrogen) atoms. The molecule has 0 aromatic rings. The van der Waals surface area contributed by atoms with E-state index in [2.05, 4.69) is 0 Å². The van der Waals surface area contributed by atoms with Crippen molar-refractivity contribution < 1.29 is 9.90 Å². The predicted octanol–water partition coefficient (Wildman–Crippen LogP) is 0.345. The highest BCUT2D eigenvalue weighted by Crippen LogP contribution is 2.31. The average molecular weight is 226 g/mol. The van der Waals surface area contributed by atoms with E-state index < -0.39 is 5.60 Å². The lowest BCUT2D eigenvalue weighted by molar-refractivity contribution is -0.157. The van der Waals surface area contributed by atoms with E-state index in [0.29, 0.717) is 19.0 Å². The first-order valence-corrected chi connectivity index (χ1v) is 6.23. The number of β-amino-alcohol motifs (C(OH)–C–C–N with tert-alkyl or cyclic N) is 1. The second kappa shape index (κ2) is 4.34. The maximum Gasteiger partial charge on any atom is 0.225 e. The molecule has 0 aromatic carbocycles. The van der Waals surface area contributed by atoms with Gasteiger partial charge in [0.2, 0.25) is 5.91 Å². The third-order valence-corrected chi connectivity index (χ3v) is 3.90. The first-order valence-electron chi connectivity index (χ1n) is 6.23. The van der Waals surface area contributed by atoms with Gasteiger partial charge in [0.15, 0.2) is 0 Å². The highest BCUT2D eigenvalue weighted by Gasteiger charge is 2.41. The van der Waals surface area contributed by atoms with Crippen molar-refractivity contribution in [2.45, 2.75) is 38.2 Å². The molecule has 4 nitrogen and oxygen atoms in total. The summed E-state index contributed by atoms with van der Waals surface area (Å²) < 4.78 is 0. The Kier molecular flexibility index (Phi) is 3.22. The Labute approximate surface area is 96.8 Å². The highest BCUT2D eigenvalue weighted by atomic mass is 16.3. The normalized spacial score (nSPS) is 33.3. The minimum Gasteiger partial charge on any atom is -0.386 e. The average Bonchev–Trinajstić information content (AvgIpc) is 2.25. The van der Waals surface area contributed by atoms with Crippen molar-refractivity contribution in [3.05, 3.63) is 0 Å². The van der Waals surface area contributed by atoms with Crippen LogP contribution in [0.5, 0.6) is 0 Å². The van der Waals surface area contributed by atoms with Gasteiger partial charge >= 0.3 is 0 Å². The van der Waals surface area contributed by atoms with Crippen molar-refractivity contribution in [1.29, 1.82) is 0 Å². The van der Waals surface area contributed by atoms with E-state index in [1.165, 1.54) is 0 Å². The summed E-state index contributed by atoms with van der Waals surface area (Å²) in [4.78, 5) is 13.8. The summed E-state index contributed by atoms with van der Waals surface area (Å²) in [6.45, 7) is 3.53. The molecule has 1 heterocycles. The van der Waals surface area contributed by atoms with Gasteiger partial charge in [0, 0.05) is 5.92 Å². The molecule has 92 valence electrons. The van der Waals surface area contributed by atoms with Crippen LogP contribution in [0.1, 0.15) is 32.6 Å². The zero-order chi connectivity index (χ0) is 11.8. The summed E-state index contributed by atoms with van der Waals surface area (Å²) in [7, 11) is 0. The number of rotatable bonds is 2. The lowest BCUT2D eigenvalue weighted by atomic mass is 9.80. The zero-order valence-electron chi connectivity index (χ0n) is 9.98. The molecule has 0 atom stereocenters. The molecule has 0 radical (unpaired) electrons. The van der Waals surface area contributed by atoms with E-state index >= 15 is 0 Å². The first-order chi connectivity index (χ1) is 7.52. The Hall–Kier alpha value is -0.610. The number of hydrogen-bond acceptors (Lipinski definition) is 3. The van der Waals surface area contributed by atoms with Crippen LogP contribution in [-0.2, 0) is 4.79 Å². The Morgan fingerprint density at radius 3 is 2.38 bits per heavy atom. The molecule has 0 aromatic heterocycles. The van der Waals surface area contributed by atoms with Gasteiger partial charge in [-0.05, 0) is 45.1 Å². The number of nitrogens with two attached hydrogens (primary N) is 1. The monoisotopic (exact) mass is 226 g/mol. The van der Waals surface area contributed by atoms with Gasteiger partial charge in [0.25, 0.3) is 0 Å². The number of likely N-dealkylation sites (tertiary alicyclic amines) is 1. The van der Waals surface area contributed by atoms with E-state index in [0.717, 1.165) is 32.2 Å². The largest absolute Gasteiger partial charge is 0.386 e. The van der Waals surface area contributed by atoms with Crippen LogP contribution in [0.3, 0.4) is 0 Å². The third kappa shape index (κ3) is 2.38. The van der Waals surface area contributed by atoms with Crippen LogP contribution < -0.4 is 5.73 Å². The maximum absolute atomic E-state index is 12.0. The second-order valence-electron chi connectivity index (χ2n) is 5.64. The van der Waals surface area contributed by atoms with Gasteiger partial charge in [0.05, 0.1) is 18.7 Å². The van der Waals surface area contributed by atoms with Gasteiger partial charge in [-0.15, -0.1) is 0 Å². The van der Waals surface area contributed by atoms with Crippen LogP contribution in [0, 0.1) is 11.8 Å². The van der Waals surface area contributed by atoms with Gasteiger partial charge < -0.3 is 15.7 Å². The quantitative estimate of drug-likeness (QED) is 0.714. The Morgan fingerprint density at radius 2 is 1.94 bits per heavy atom. The van der Waals surface area contributed by atoms with Gasteiger partial charge in [-0.1, -0.05) is 0 Å². The molecule has 1 saturated carbocycles. The Balaban J connectivity index is 1.79. The standard InChI is InChI=1S/C12H22N2O2/c1-12(16)7-14(8-12)11(15)10-4-2-9(6-13)3-5-10/h9-10,16H,2-8,13H2,1H3. The van der Waals surface area contributed by atoms with Crippen molar-refractivity contribution in [3.63, 3.8) is 0 Å². The molecule has 1 saturated heterocycles. The number of carbonyl (C=O) groups excluding carboxylic acids is 1. The van der Waals surface area contributed by atoms with Gasteiger partial charge in [-0.2, -0.15) is 0 Å². The van der Waals surface area contributed by atoms with E-state index in [4.69, 9.17) is 5.73 Å². The minimum atomic E-state index is -0.649. The van der Waals surface area contributed by atoms with Gasteiger partial charge in [0.1, 0.15) is 0 Å². The number of hydrogen-bond donors (Lipinski definition) is 2. The fourth-order valence-corrected chi connectivity index (χ4v) is 2.84. The van der Waals surface area contributed by atoms with Gasteiger partial charge in [-0.25, -0.2) is 0 Å². The van der Waals surface area contributed by atoms with Crippen LogP contribution in [-0.4, -0.2) is 41.1 Å². The molecule has 0 unspecified atom stereocenters. The zero-order valence-corrected chi connectivity index (χ0v) is 9.98. The molecule has 1 amide bonds. The highest BCUT2D eigenvalue weighted by molar-refractivity contribution is 5.80. The molecule has 2 rings (SSSR count). The van der Waals surface area contributed by atoms with Crippen LogP contribution in [0.4, 0.5) is 0 Å². The summed E-state index contributed by atoms with van der Waals surface area (Å²) in [5.41, 5.74) is 4.98. The van der Waals surface area contributed by atoms with Crippen molar-refractivity contribution >= 4 is 5.91 Å². The lowest BCUT2D eigenvalue weighted by Gasteiger charge is -2.46. The smallest absolute Gasteiger partial charge is 0.225 e. The molecule has 4 heteroatoms. The Morgan fingerprint density at radius 1 is 1.38 bits per heavy atom. The van der Waals surface area contributed by atoms with Crippen molar-refractivity contribution in [2.75, 3.05) is 19.6 Å². The Bertz CT molecular complexity index is 262. The van der Waals surface area contributed by atoms with Gasteiger partial charge in [-0.3, -0.25) is 4.79 Å². The van der Waals surface area contributed by atoms with E-state index in [1.54, 1.807) is 11.8 Å². The topological polar surface area (TPSA) is 66.6 Å². The summed E-state index contributed by atoms with van der Waals surface area (Å²) >= 11 is 0. The number of carbonyl (C=O) groups is 1. The van der Waals surface area contributed by atoms with Crippen LogP contribution in [0.2, 0.25) is 0 Å².